The second-order valence-electron chi connectivity index (χ2n) is 6.44. The fourth-order valence-corrected chi connectivity index (χ4v) is 4.47. The number of carbonyl (C=O) groups is 1. The van der Waals surface area contributed by atoms with E-state index in [1.54, 1.807) is 11.3 Å². The van der Waals surface area contributed by atoms with E-state index in [0.29, 0.717) is 6.54 Å². The van der Waals surface area contributed by atoms with Crippen LogP contribution in [-0.4, -0.2) is 20.7 Å². The molecule has 0 saturated heterocycles. The van der Waals surface area contributed by atoms with Gasteiger partial charge in [0, 0.05) is 22.2 Å². The van der Waals surface area contributed by atoms with Crippen molar-refractivity contribution in [1.82, 2.24) is 4.57 Å². The summed E-state index contributed by atoms with van der Waals surface area (Å²) in [5, 5.41) is 20.2. The number of carboxylic acid groups (broad SMARTS) is 1. The van der Waals surface area contributed by atoms with Crippen LogP contribution in [-0.2, 0) is 6.54 Å². The summed E-state index contributed by atoms with van der Waals surface area (Å²) in [5.74, 6) is -1.92. The molecule has 0 atom stereocenters. The van der Waals surface area contributed by atoms with E-state index in [2.05, 4.69) is 18.2 Å². The minimum atomic E-state index is -1.35. The molecule has 2 N–H and O–H groups in total. The van der Waals surface area contributed by atoms with Gasteiger partial charge in [-0.25, -0.2) is 4.79 Å². The molecule has 2 aromatic heterocycles. The number of aromatic hydroxyl groups is 1. The fourth-order valence-electron chi connectivity index (χ4n) is 3.28. The van der Waals surface area contributed by atoms with Crippen LogP contribution in [0.25, 0.3) is 22.6 Å². The summed E-state index contributed by atoms with van der Waals surface area (Å²) in [6.45, 7) is 0.348. The Labute approximate surface area is 158 Å². The Morgan fingerprint density at radius 2 is 1.93 bits per heavy atom. The molecule has 0 unspecified atom stereocenters. The molecule has 1 aromatic carbocycles. The van der Waals surface area contributed by atoms with E-state index >= 15 is 0 Å². The van der Waals surface area contributed by atoms with E-state index in [4.69, 9.17) is 0 Å². The first-order valence-electron chi connectivity index (χ1n) is 8.58. The zero-order chi connectivity index (χ0) is 19.0. The van der Waals surface area contributed by atoms with Gasteiger partial charge in [-0.05, 0) is 35.3 Å². The monoisotopic (exact) mass is 379 g/mol. The maximum atomic E-state index is 11.8. The van der Waals surface area contributed by atoms with Crippen LogP contribution in [0.2, 0.25) is 0 Å². The van der Waals surface area contributed by atoms with E-state index in [1.807, 2.05) is 24.3 Å². The lowest BCUT2D eigenvalue weighted by molar-refractivity contribution is 0.0694. The summed E-state index contributed by atoms with van der Waals surface area (Å²) in [4.78, 5) is 24.2. The average Bonchev–Trinajstić information content (AvgIpc) is 3.08. The Bertz CT molecular complexity index is 1190. The van der Waals surface area contributed by atoms with E-state index in [9.17, 15) is 19.8 Å². The number of hydrogen-bond acceptors (Lipinski definition) is 4. The van der Waals surface area contributed by atoms with Gasteiger partial charge in [0.15, 0.2) is 5.75 Å². The molecule has 0 radical (unpaired) electrons. The van der Waals surface area contributed by atoms with Gasteiger partial charge in [0.25, 0.3) is 0 Å². The first kappa shape index (κ1) is 17.3. The van der Waals surface area contributed by atoms with Crippen LogP contribution in [0.15, 0.2) is 47.5 Å². The quantitative estimate of drug-likeness (QED) is 0.730. The van der Waals surface area contributed by atoms with Gasteiger partial charge in [0.2, 0.25) is 5.43 Å². The second kappa shape index (κ2) is 6.89. The van der Waals surface area contributed by atoms with Crippen LogP contribution in [0.4, 0.5) is 0 Å². The van der Waals surface area contributed by atoms with E-state index < -0.39 is 22.7 Å². The second-order valence-corrected chi connectivity index (χ2v) is 7.52. The Morgan fingerprint density at radius 1 is 1.15 bits per heavy atom. The summed E-state index contributed by atoms with van der Waals surface area (Å²) in [5.41, 5.74) is 0.733. The molecule has 1 aliphatic rings. The third kappa shape index (κ3) is 3.31. The standard InChI is InChI=1S/C21H17NO4S/c23-17-12-22(11-16(20(17)24)21(25)26)10-14-6-1-3-7-15(14)19-9-13-5-2-4-8-18(13)27-19/h1,3,5-9,11-12,23H,2,4,10H2,(H,25,26). The van der Waals surface area contributed by atoms with Gasteiger partial charge in [0.1, 0.15) is 5.56 Å². The van der Waals surface area contributed by atoms with Crippen molar-refractivity contribution in [3.8, 4) is 16.2 Å². The number of hydrogen-bond donors (Lipinski definition) is 2. The maximum Gasteiger partial charge on any atom is 0.341 e. The number of thiophene rings is 1. The average molecular weight is 379 g/mol. The Morgan fingerprint density at radius 3 is 2.70 bits per heavy atom. The molecule has 136 valence electrons. The number of aromatic nitrogens is 1. The lowest BCUT2D eigenvalue weighted by atomic mass is 10.1. The predicted octanol–water partition coefficient (Wildman–Crippen LogP) is 2.38. The molecule has 5 nitrogen and oxygen atoms in total. The van der Waals surface area contributed by atoms with Crippen LogP contribution in [0, 0.1) is 0 Å². The van der Waals surface area contributed by atoms with Gasteiger partial charge in [-0.1, -0.05) is 36.4 Å². The molecule has 4 rings (SSSR count). The molecule has 0 aliphatic heterocycles. The van der Waals surface area contributed by atoms with Crippen LogP contribution in [0.1, 0.15) is 28.8 Å². The van der Waals surface area contributed by atoms with E-state index in [0.717, 1.165) is 28.8 Å². The molecular weight excluding hydrogens is 362 g/mol. The molecule has 2 heterocycles. The summed E-state index contributed by atoms with van der Waals surface area (Å²) in [6, 6.07) is 10.1. The molecule has 27 heavy (non-hydrogen) atoms. The van der Waals surface area contributed by atoms with Crippen LogP contribution in [0.3, 0.4) is 0 Å². The zero-order valence-corrected chi connectivity index (χ0v) is 15.2. The number of pyridine rings is 1. The number of rotatable bonds is 4. The highest BCUT2D eigenvalue weighted by atomic mass is 32.1. The maximum absolute atomic E-state index is 11.8. The van der Waals surface area contributed by atoms with Crippen LogP contribution >= 0.6 is 11.3 Å². The zero-order valence-electron chi connectivity index (χ0n) is 14.4. The number of fused-ring (bicyclic) bond motifs is 1. The SMILES string of the molecule is O=C(O)c1cn(Cc2ccccc2-c2cc3c(s2)=CCCC=3)cc(O)c1=O. The van der Waals surface area contributed by atoms with Crippen molar-refractivity contribution in [1.29, 1.82) is 0 Å². The number of benzene rings is 1. The normalized spacial score (nSPS) is 12.7. The highest BCUT2D eigenvalue weighted by Gasteiger charge is 2.14. The van der Waals surface area contributed by atoms with Gasteiger partial charge in [-0.2, -0.15) is 0 Å². The van der Waals surface area contributed by atoms with Crippen molar-refractivity contribution in [3.63, 3.8) is 0 Å². The van der Waals surface area contributed by atoms with Crippen molar-refractivity contribution in [2.24, 2.45) is 0 Å². The third-order valence-electron chi connectivity index (χ3n) is 4.58. The molecule has 1 aliphatic carbocycles. The summed E-state index contributed by atoms with van der Waals surface area (Å²) < 4.78 is 2.81. The summed E-state index contributed by atoms with van der Waals surface area (Å²) >= 11 is 1.74. The smallest absolute Gasteiger partial charge is 0.341 e. The van der Waals surface area contributed by atoms with Gasteiger partial charge >= 0.3 is 5.97 Å². The fraction of sp³-hybridized carbons (Fsp3) is 0.143. The lowest BCUT2D eigenvalue weighted by Crippen LogP contribution is -2.19. The van der Waals surface area contributed by atoms with Gasteiger partial charge in [-0.15, -0.1) is 11.3 Å². The summed E-state index contributed by atoms with van der Waals surface area (Å²) in [7, 11) is 0. The van der Waals surface area contributed by atoms with Crippen LogP contribution in [0.5, 0.6) is 5.75 Å². The Hall–Kier alpha value is -3.12. The highest BCUT2D eigenvalue weighted by molar-refractivity contribution is 7.13. The molecular formula is C21H17NO4S. The first-order chi connectivity index (χ1) is 13.0. The molecule has 0 spiro atoms. The molecule has 0 saturated carbocycles. The largest absolute Gasteiger partial charge is 0.503 e. The number of aromatic carboxylic acids is 1. The first-order valence-corrected chi connectivity index (χ1v) is 9.39. The van der Waals surface area contributed by atoms with E-state index in [1.165, 1.54) is 26.7 Å². The third-order valence-corrected chi connectivity index (χ3v) is 5.76. The van der Waals surface area contributed by atoms with Crippen molar-refractivity contribution in [2.45, 2.75) is 19.4 Å². The molecule has 6 heteroatoms. The van der Waals surface area contributed by atoms with Crippen molar-refractivity contribution < 1.29 is 15.0 Å². The minimum Gasteiger partial charge on any atom is -0.503 e. The van der Waals surface area contributed by atoms with Crippen molar-refractivity contribution >= 4 is 29.5 Å². The summed E-state index contributed by atoms with van der Waals surface area (Å²) in [6.07, 6.45) is 9.15. The molecule has 3 aromatic rings. The topological polar surface area (TPSA) is 79.5 Å². The molecule has 0 amide bonds. The number of nitrogens with zero attached hydrogens (tertiary/aromatic N) is 1. The Balaban J connectivity index is 1.78. The predicted molar refractivity (Wildman–Crippen MR) is 106 cm³/mol. The lowest BCUT2D eigenvalue weighted by Gasteiger charge is -2.12. The minimum absolute atomic E-state index is 0.348. The van der Waals surface area contributed by atoms with E-state index in [-0.39, 0.29) is 0 Å². The van der Waals surface area contributed by atoms with Crippen molar-refractivity contribution in [3.05, 3.63) is 73.8 Å². The number of carboxylic acids is 1. The van der Waals surface area contributed by atoms with Gasteiger partial charge < -0.3 is 14.8 Å². The van der Waals surface area contributed by atoms with Gasteiger partial charge in [0.05, 0.1) is 6.20 Å². The molecule has 0 bridgehead atoms. The highest BCUT2D eigenvalue weighted by Crippen LogP contribution is 2.26. The van der Waals surface area contributed by atoms with Gasteiger partial charge in [-0.3, -0.25) is 4.79 Å². The Kier molecular flexibility index (Phi) is 4.41. The van der Waals surface area contributed by atoms with Crippen molar-refractivity contribution in [2.75, 3.05) is 0 Å². The molecule has 0 fully saturated rings. The van der Waals surface area contributed by atoms with Crippen LogP contribution < -0.4 is 15.2 Å².